The minimum atomic E-state index is -2.70. The molecule has 1 spiro atoms. The van der Waals surface area contributed by atoms with Gasteiger partial charge in [-0.2, -0.15) is 0 Å². The quantitative estimate of drug-likeness (QED) is 0.429. The third-order valence-corrected chi connectivity index (χ3v) is 10.6. The van der Waals surface area contributed by atoms with Crippen LogP contribution in [0.1, 0.15) is 106 Å². The number of amides is 2. The second-order valence-corrected chi connectivity index (χ2v) is 13.2. The molecule has 3 aliphatic heterocycles. The van der Waals surface area contributed by atoms with E-state index in [0.29, 0.717) is 49.4 Å². The molecule has 2 amide bonds. The van der Waals surface area contributed by atoms with Crippen molar-refractivity contribution in [2.75, 3.05) is 32.7 Å². The van der Waals surface area contributed by atoms with Gasteiger partial charge in [0.25, 0.3) is 5.91 Å². The Morgan fingerprint density at radius 1 is 1.05 bits per heavy atom. The Labute approximate surface area is 243 Å². The highest BCUT2D eigenvalue weighted by atomic mass is 19.3. The van der Waals surface area contributed by atoms with Crippen molar-refractivity contribution in [1.29, 1.82) is 0 Å². The summed E-state index contributed by atoms with van der Waals surface area (Å²) in [5.74, 6) is -2.54. The molecule has 1 saturated carbocycles. The van der Waals surface area contributed by atoms with Crippen LogP contribution in [0.25, 0.3) is 0 Å². The third kappa shape index (κ3) is 6.09. The predicted octanol–water partition coefficient (Wildman–Crippen LogP) is 5.76. The topological polar surface area (TPSA) is 78.9 Å². The second-order valence-electron chi connectivity index (χ2n) is 13.2. The van der Waals surface area contributed by atoms with Gasteiger partial charge in [0, 0.05) is 75.9 Å². The van der Waals surface area contributed by atoms with Crippen LogP contribution in [0.3, 0.4) is 0 Å². The average Bonchev–Trinajstić information content (AvgIpc) is 2.92. The van der Waals surface area contributed by atoms with Crippen molar-refractivity contribution in [3.05, 3.63) is 23.3 Å². The molecular formula is C31H47F2N5O3. The van der Waals surface area contributed by atoms with Crippen molar-refractivity contribution in [2.45, 2.75) is 121 Å². The predicted molar refractivity (Wildman–Crippen MR) is 152 cm³/mol. The van der Waals surface area contributed by atoms with Crippen molar-refractivity contribution >= 4 is 12.0 Å². The van der Waals surface area contributed by atoms with E-state index in [4.69, 9.17) is 4.74 Å². The fourth-order valence-corrected chi connectivity index (χ4v) is 7.81. The lowest BCUT2D eigenvalue weighted by Gasteiger charge is -2.55. The number of nitrogens with zero attached hydrogens (tertiary/aromatic N) is 5. The van der Waals surface area contributed by atoms with Crippen molar-refractivity contribution in [1.82, 2.24) is 24.7 Å². The van der Waals surface area contributed by atoms with E-state index < -0.39 is 23.7 Å². The zero-order valence-electron chi connectivity index (χ0n) is 25.3. The fraction of sp³-hybridized carbons (Fsp3) is 0.806. The third-order valence-electron chi connectivity index (χ3n) is 10.6. The number of alkyl halides is 2. The Morgan fingerprint density at radius 3 is 2.32 bits per heavy atom. The molecule has 4 heterocycles. The van der Waals surface area contributed by atoms with E-state index >= 15 is 0 Å². The molecule has 1 aliphatic carbocycles. The van der Waals surface area contributed by atoms with E-state index in [0.717, 1.165) is 58.0 Å². The summed E-state index contributed by atoms with van der Waals surface area (Å²) in [5.41, 5.74) is 1.48. The van der Waals surface area contributed by atoms with Gasteiger partial charge in [0.1, 0.15) is 11.9 Å². The average molecular weight is 576 g/mol. The van der Waals surface area contributed by atoms with Gasteiger partial charge >= 0.3 is 6.09 Å². The largest absolute Gasteiger partial charge is 0.442 e. The van der Waals surface area contributed by atoms with Crippen LogP contribution in [-0.2, 0) is 4.74 Å². The van der Waals surface area contributed by atoms with Crippen LogP contribution < -0.4 is 0 Å². The van der Waals surface area contributed by atoms with Crippen molar-refractivity contribution in [2.24, 2.45) is 5.92 Å². The van der Waals surface area contributed by atoms with E-state index in [1.807, 2.05) is 18.7 Å². The normalized spacial score (nSPS) is 28.0. The first-order valence-electron chi connectivity index (χ1n) is 15.7. The zero-order chi connectivity index (χ0) is 29.4. The molecule has 4 fully saturated rings. The first-order valence-corrected chi connectivity index (χ1v) is 15.7. The number of halogens is 2. The number of carbonyl (C=O) groups excluding carboxylic acids is 2. The Bertz CT molecular complexity index is 1090. The van der Waals surface area contributed by atoms with Gasteiger partial charge < -0.3 is 14.5 Å². The molecule has 41 heavy (non-hydrogen) atoms. The van der Waals surface area contributed by atoms with Crippen LogP contribution in [0, 0.1) is 19.8 Å². The van der Waals surface area contributed by atoms with Gasteiger partial charge in [-0.15, -0.1) is 0 Å². The molecule has 1 aromatic heterocycles. The maximum absolute atomic E-state index is 14.2. The summed E-state index contributed by atoms with van der Waals surface area (Å²) in [4.78, 5) is 41.2. The summed E-state index contributed by atoms with van der Waals surface area (Å²) in [7, 11) is 0. The van der Waals surface area contributed by atoms with Crippen LogP contribution >= 0.6 is 0 Å². The lowest BCUT2D eigenvalue weighted by Crippen LogP contribution is -2.64. The Morgan fingerprint density at radius 2 is 1.71 bits per heavy atom. The molecule has 10 heteroatoms. The van der Waals surface area contributed by atoms with Gasteiger partial charge in [0.2, 0.25) is 5.92 Å². The number of likely N-dealkylation sites (tertiary alicyclic amines) is 2. The van der Waals surface area contributed by atoms with Crippen LogP contribution in [-0.4, -0.2) is 92.5 Å². The number of aryl methyl sites for hydroxylation is 2. The maximum Gasteiger partial charge on any atom is 0.410 e. The van der Waals surface area contributed by atoms with Crippen LogP contribution in [0.4, 0.5) is 13.6 Å². The molecule has 0 N–H and O–H groups in total. The highest BCUT2D eigenvalue weighted by Crippen LogP contribution is 2.45. The number of piperidine rings is 2. The van der Waals surface area contributed by atoms with Gasteiger partial charge in [-0.1, -0.05) is 19.8 Å². The molecule has 1 aromatic rings. The first kappa shape index (κ1) is 30.1. The van der Waals surface area contributed by atoms with E-state index in [1.54, 1.807) is 4.90 Å². The maximum atomic E-state index is 14.2. The molecule has 1 unspecified atom stereocenters. The van der Waals surface area contributed by atoms with Crippen molar-refractivity contribution in [3.8, 4) is 0 Å². The van der Waals surface area contributed by atoms with Gasteiger partial charge in [-0.3, -0.25) is 9.69 Å². The van der Waals surface area contributed by atoms with Gasteiger partial charge in [0.15, 0.2) is 0 Å². The highest BCUT2D eigenvalue weighted by molar-refractivity contribution is 5.96. The molecule has 0 aromatic carbocycles. The fourth-order valence-electron chi connectivity index (χ4n) is 7.81. The molecule has 0 radical (unpaired) electrons. The molecule has 228 valence electrons. The monoisotopic (exact) mass is 575 g/mol. The molecule has 4 aliphatic rings. The summed E-state index contributed by atoms with van der Waals surface area (Å²) in [6.45, 7) is 11.7. The van der Waals surface area contributed by atoms with Crippen molar-refractivity contribution in [3.63, 3.8) is 0 Å². The molecule has 5 rings (SSSR count). The number of rotatable bonds is 6. The number of unbranched alkanes of at least 4 members (excludes halogenated alkanes) is 1. The van der Waals surface area contributed by atoms with Gasteiger partial charge in [-0.05, 0) is 52.9 Å². The number of hydrogen-bond acceptors (Lipinski definition) is 6. The standard InChI is InChI=1S/C31H47F2N5O3/c1-5-6-8-24-20-38(25-9-7-10-31(32,33)19-25)28(40)41-30(24)13-17-37(18-14-30)29(4)11-15-36(16-12-29)27(39)26-22(2)34-21-35-23(26)3/h21,24-25H,5-20H2,1-4H3/t24-,25?/m0/s1. The van der Waals surface area contributed by atoms with E-state index in [9.17, 15) is 18.4 Å². The molecular weight excluding hydrogens is 528 g/mol. The summed E-state index contributed by atoms with van der Waals surface area (Å²) in [6, 6.07) is -0.436. The molecule has 0 bridgehead atoms. The van der Waals surface area contributed by atoms with Gasteiger partial charge in [0.05, 0.1) is 17.0 Å². The zero-order valence-corrected chi connectivity index (χ0v) is 25.3. The highest BCUT2D eigenvalue weighted by Gasteiger charge is 2.53. The van der Waals surface area contributed by atoms with E-state index in [-0.39, 0.29) is 30.2 Å². The summed E-state index contributed by atoms with van der Waals surface area (Å²) in [6.07, 6.45) is 8.14. The van der Waals surface area contributed by atoms with Crippen LogP contribution in [0.5, 0.6) is 0 Å². The Kier molecular flexibility index (Phi) is 8.61. The molecule has 2 atom stereocenters. The van der Waals surface area contributed by atoms with Gasteiger partial charge in [-0.25, -0.2) is 23.5 Å². The summed E-state index contributed by atoms with van der Waals surface area (Å²) < 4.78 is 34.7. The van der Waals surface area contributed by atoms with Crippen LogP contribution in [0.15, 0.2) is 6.33 Å². The number of carbonyl (C=O) groups is 2. The van der Waals surface area contributed by atoms with E-state index in [2.05, 4.69) is 28.7 Å². The smallest absolute Gasteiger partial charge is 0.410 e. The van der Waals surface area contributed by atoms with E-state index in [1.165, 1.54) is 6.33 Å². The lowest BCUT2D eigenvalue weighted by molar-refractivity contribution is -0.146. The number of ether oxygens (including phenoxy) is 1. The second kappa shape index (κ2) is 11.7. The summed E-state index contributed by atoms with van der Waals surface area (Å²) >= 11 is 0. The molecule has 3 saturated heterocycles. The van der Waals surface area contributed by atoms with Crippen molar-refractivity contribution < 1.29 is 23.1 Å². The summed E-state index contributed by atoms with van der Waals surface area (Å²) in [5, 5.41) is 0. The first-order chi connectivity index (χ1) is 19.5. The lowest BCUT2D eigenvalue weighted by atomic mass is 9.73. The minimum Gasteiger partial charge on any atom is -0.442 e. The minimum absolute atomic E-state index is 0.00779. The number of aromatic nitrogens is 2. The Hall–Kier alpha value is -2.36. The Balaban J connectivity index is 1.22. The molecule has 8 nitrogen and oxygen atoms in total. The SMILES string of the molecule is CCCC[C@H]1CN(C2CCCC(F)(F)C2)C(=O)OC12CCN(C1(C)CCN(C(=O)c3c(C)ncnc3C)CC1)CC2. The van der Waals surface area contributed by atoms with Crippen LogP contribution in [0.2, 0.25) is 0 Å². The number of hydrogen-bond donors (Lipinski definition) is 0.